The molecule has 0 bridgehead atoms. The number of hydrogen-bond donors (Lipinski definition) is 0. The summed E-state index contributed by atoms with van der Waals surface area (Å²) in [6.45, 7) is 7.23. The van der Waals surface area contributed by atoms with E-state index in [9.17, 15) is 8.00 Å². The van der Waals surface area contributed by atoms with Crippen LogP contribution in [0.5, 0.6) is 0 Å². The van der Waals surface area contributed by atoms with Crippen LogP contribution in [0.4, 0.5) is 0 Å². The molecule has 0 saturated heterocycles. The molecule has 2 aromatic carbocycles. The minimum Gasteiger partial charge on any atom is -0.454 e. The number of benzene rings is 2. The van der Waals surface area contributed by atoms with Gasteiger partial charge in [-0.05, 0) is 66.8 Å². The Morgan fingerprint density at radius 2 is 1.91 bits per heavy atom. The van der Waals surface area contributed by atoms with Crippen molar-refractivity contribution in [2.75, 3.05) is 0 Å². The average molecular weight is 457 g/mol. The Hall–Kier alpha value is -3.12. The standard InChI is InChI=1S/C31H35N2O/c1-19(2)13-22-14-21(4)33(5)28(15-22)29-20(3)11-12-26-27-17-24(23-9-7-6-8-10-23)16-25(18-32)30(27)34-31(26)29/h11-12,14-17,19,23H,6-10,13H2,1-5H3/q+1/i13D2,14D,15D,23D. The van der Waals surface area contributed by atoms with Crippen LogP contribution in [0.3, 0.4) is 0 Å². The fourth-order valence-corrected chi connectivity index (χ4v) is 5.15. The number of nitriles is 1. The van der Waals surface area contributed by atoms with Gasteiger partial charge in [-0.1, -0.05) is 45.2 Å². The monoisotopic (exact) mass is 456 g/mol. The zero-order valence-electron chi connectivity index (χ0n) is 25.7. The SMILES string of the molecule is [2H]c1c(C([2H])([2H])C(C)C)c([2H])c(-c2c(C)ccc3c2oc2c(C#N)cc(C4([2H])CCCCC4)cc23)[n+](C)c1C. The molecule has 0 aliphatic heterocycles. The lowest BCUT2D eigenvalue weighted by Crippen LogP contribution is -2.35. The fourth-order valence-electron chi connectivity index (χ4n) is 5.15. The van der Waals surface area contributed by atoms with Gasteiger partial charge in [-0.15, -0.1) is 0 Å². The lowest BCUT2D eigenvalue weighted by Gasteiger charge is -2.22. The van der Waals surface area contributed by atoms with E-state index >= 15 is 0 Å². The van der Waals surface area contributed by atoms with Crippen LogP contribution in [0.2, 0.25) is 0 Å². The molecule has 0 spiro atoms. The zero-order chi connectivity index (χ0) is 28.4. The largest absolute Gasteiger partial charge is 0.454 e. The molecule has 0 amide bonds. The fraction of sp³-hybridized carbons (Fsp3) is 0.419. The summed E-state index contributed by atoms with van der Waals surface area (Å²) in [5.41, 5.74) is 4.83. The number of rotatable bonds is 4. The molecule has 2 heterocycles. The number of hydrogen-bond acceptors (Lipinski definition) is 2. The van der Waals surface area contributed by atoms with Crippen LogP contribution < -0.4 is 4.57 Å². The normalized spacial score (nSPS) is 18.3. The van der Waals surface area contributed by atoms with E-state index in [0.29, 0.717) is 33.7 Å². The van der Waals surface area contributed by atoms with Crippen LogP contribution in [-0.2, 0) is 13.4 Å². The van der Waals surface area contributed by atoms with E-state index in [4.69, 9.17) is 8.53 Å². The highest BCUT2D eigenvalue weighted by molar-refractivity contribution is 6.11. The first kappa shape index (κ1) is 17.3. The Morgan fingerprint density at radius 1 is 1.15 bits per heavy atom. The minimum atomic E-state index is -1.87. The van der Waals surface area contributed by atoms with E-state index in [1.54, 1.807) is 38.5 Å². The van der Waals surface area contributed by atoms with Crippen LogP contribution in [0.25, 0.3) is 33.2 Å². The van der Waals surface area contributed by atoms with Crippen molar-refractivity contribution in [2.24, 2.45) is 13.0 Å². The summed E-state index contributed by atoms with van der Waals surface area (Å²) in [6.07, 6.45) is 2.79. The average Bonchev–Trinajstić information content (AvgIpc) is 3.27. The van der Waals surface area contributed by atoms with Gasteiger partial charge in [0.1, 0.15) is 18.7 Å². The van der Waals surface area contributed by atoms with E-state index in [2.05, 4.69) is 6.07 Å². The van der Waals surface area contributed by atoms with Crippen molar-refractivity contribution >= 4 is 21.9 Å². The molecule has 34 heavy (non-hydrogen) atoms. The number of nitrogens with zero attached hydrogens (tertiary/aromatic N) is 2. The highest BCUT2D eigenvalue weighted by Crippen LogP contribution is 2.41. The van der Waals surface area contributed by atoms with Gasteiger partial charge in [0.05, 0.1) is 13.9 Å². The second kappa shape index (κ2) is 8.91. The van der Waals surface area contributed by atoms with Gasteiger partial charge in [0.25, 0.3) is 0 Å². The molecule has 0 atom stereocenters. The summed E-state index contributed by atoms with van der Waals surface area (Å²) >= 11 is 0. The second-order valence-corrected chi connectivity index (χ2v) is 9.83. The maximum absolute atomic E-state index is 10.1. The quantitative estimate of drug-likeness (QED) is 0.294. The predicted octanol–water partition coefficient (Wildman–Crippen LogP) is 7.81. The van der Waals surface area contributed by atoms with E-state index in [1.807, 2.05) is 25.1 Å². The molecule has 3 nitrogen and oxygen atoms in total. The number of aromatic nitrogens is 1. The van der Waals surface area contributed by atoms with Crippen LogP contribution in [0.1, 0.15) is 86.6 Å². The van der Waals surface area contributed by atoms with Gasteiger partial charge >= 0.3 is 0 Å². The summed E-state index contributed by atoms with van der Waals surface area (Å²) in [5.74, 6) is -1.16. The topological polar surface area (TPSA) is 40.8 Å². The molecular formula is C31H35N2O+. The summed E-state index contributed by atoms with van der Waals surface area (Å²) in [7, 11) is 1.79. The van der Waals surface area contributed by atoms with Crippen LogP contribution >= 0.6 is 0 Å². The smallest absolute Gasteiger partial charge is 0.216 e. The predicted molar refractivity (Wildman–Crippen MR) is 139 cm³/mol. The number of fused-ring (bicyclic) bond motifs is 3. The molecule has 1 fully saturated rings. The first-order valence-corrected chi connectivity index (χ1v) is 12.2. The Balaban J connectivity index is 1.87. The third kappa shape index (κ3) is 3.90. The van der Waals surface area contributed by atoms with Crippen LogP contribution in [0.15, 0.2) is 40.8 Å². The van der Waals surface area contributed by atoms with E-state index in [0.717, 1.165) is 54.0 Å². The number of pyridine rings is 1. The van der Waals surface area contributed by atoms with Gasteiger partial charge in [-0.2, -0.15) is 9.83 Å². The Morgan fingerprint density at radius 3 is 2.62 bits per heavy atom. The van der Waals surface area contributed by atoms with E-state index < -0.39 is 18.2 Å². The number of aryl methyl sites for hydroxylation is 1. The van der Waals surface area contributed by atoms with Crippen molar-refractivity contribution < 1.29 is 15.8 Å². The molecule has 0 unspecified atom stereocenters. The molecule has 3 heteroatoms. The first-order chi connectivity index (χ1) is 18.3. The molecule has 5 rings (SSSR count). The van der Waals surface area contributed by atoms with Crippen LogP contribution in [0, 0.1) is 31.1 Å². The molecule has 1 aliphatic rings. The zero-order valence-corrected chi connectivity index (χ0v) is 20.7. The van der Waals surface area contributed by atoms with Crippen molar-refractivity contribution in [3.05, 3.63) is 64.3 Å². The van der Waals surface area contributed by atoms with Gasteiger partial charge in [-0.25, -0.2) is 0 Å². The highest BCUT2D eigenvalue weighted by Gasteiger charge is 2.25. The first-order valence-electron chi connectivity index (χ1n) is 14.7. The van der Waals surface area contributed by atoms with Gasteiger partial charge < -0.3 is 4.42 Å². The van der Waals surface area contributed by atoms with Crippen molar-refractivity contribution in [3.8, 4) is 17.3 Å². The van der Waals surface area contributed by atoms with Gasteiger partial charge in [0, 0.05) is 33.9 Å². The van der Waals surface area contributed by atoms with Gasteiger partial charge in [0.2, 0.25) is 5.69 Å². The van der Waals surface area contributed by atoms with Gasteiger partial charge in [-0.3, -0.25) is 0 Å². The third-order valence-electron chi connectivity index (χ3n) is 6.99. The number of furan rings is 1. The van der Waals surface area contributed by atoms with E-state index in [-0.39, 0.29) is 17.6 Å². The minimum absolute atomic E-state index is 0.0311. The van der Waals surface area contributed by atoms with Gasteiger partial charge in [0.15, 0.2) is 11.3 Å². The molecule has 174 valence electrons. The van der Waals surface area contributed by atoms with Crippen molar-refractivity contribution in [2.45, 2.75) is 72.1 Å². The highest BCUT2D eigenvalue weighted by atomic mass is 16.3. The molecule has 0 N–H and O–H groups in total. The summed E-state index contributed by atoms with van der Waals surface area (Å²) in [6, 6.07) is 10.0. The molecule has 0 radical (unpaired) electrons. The second-order valence-electron chi connectivity index (χ2n) is 9.83. The Bertz CT molecular complexity index is 1670. The molecule has 4 aromatic rings. The lowest BCUT2D eigenvalue weighted by atomic mass is 9.83. The molecule has 1 saturated carbocycles. The Kier molecular flexibility index (Phi) is 4.54. The lowest BCUT2D eigenvalue weighted by molar-refractivity contribution is -0.666. The molecule has 1 aliphatic carbocycles. The summed E-state index contributed by atoms with van der Waals surface area (Å²) in [5, 5.41) is 11.6. The summed E-state index contributed by atoms with van der Waals surface area (Å²) in [4.78, 5) is 0. The van der Waals surface area contributed by atoms with Crippen molar-refractivity contribution in [1.29, 1.82) is 5.26 Å². The van der Waals surface area contributed by atoms with Crippen LogP contribution in [-0.4, -0.2) is 0 Å². The maximum atomic E-state index is 10.1. The maximum Gasteiger partial charge on any atom is 0.216 e. The third-order valence-corrected chi connectivity index (χ3v) is 6.99. The molecular weight excluding hydrogens is 416 g/mol. The molecule has 2 aromatic heterocycles. The Labute approximate surface area is 210 Å². The van der Waals surface area contributed by atoms with E-state index in [1.165, 1.54) is 0 Å². The van der Waals surface area contributed by atoms with Crippen molar-refractivity contribution in [3.63, 3.8) is 0 Å². The summed E-state index contributed by atoms with van der Waals surface area (Å²) < 4.78 is 52.8. The van der Waals surface area contributed by atoms with Crippen molar-refractivity contribution in [1.82, 2.24) is 0 Å².